The normalized spacial score (nSPS) is 34.1. The minimum absolute atomic E-state index is 0.00877. The van der Waals surface area contributed by atoms with Crippen molar-refractivity contribution in [2.75, 3.05) is 0 Å². The molecule has 0 spiro atoms. The predicted octanol–water partition coefficient (Wildman–Crippen LogP) is 2.44. The predicted molar refractivity (Wildman–Crippen MR) is 74.0 cm³/mol. The third-order valence-corrected chi connectivity index (χ3v) is 5.35. The summed E-state index contributed by atoms with van der Waals surface area (Å²) in [5.41, 5.74) is 6.23. The average molecular weight is 252 g/mol. The number of amides is 1. The molecule has 0 aromatic rings. The molecule has 1 amide bonds. The zero-order valence-electron chi connectivity index (χ0n) is 12.3. The summed E-state index contributed by atoms with van der Waals surface area (Å²) in [7, 11) is 0. The lowest BCUT2D eigenvalue weighted by molar-refractivity contribution is -0.133. The second-order valence-electron chi connectivity index (χ2n) is 7.48. The lowest BCUT2D eigenvalue weighted by atomic mass is 9.48. The summed E-state index contributed by atoms with van der Waals surface area (Å²) < 4.78 is 0. The van der Waals surface area contributed by atoms with E-state index in [0.29, 0.717) is 12.3 Å². The molecule has 18 heavy (non-hydrogen) atoms. The Morgan fingerprint density at radius 3 is 2.17 bits per heavy atom. The Bertz CT molecular complexity index is 313. The standard InChI is InChI=1S/C15H28N2O/c1-14(2)12(16)15(3,4)13(14)17-11(18)9-10-7-5-6-8-10/h10,12-13H,5-9,16H2,1-4H3,(H,17,18). The van der Waals surface area contributed by atoms with Gasteiger partial charge in [-0.3, -0.25) is 4.79 Å². The van der Waals surface area contributed by atoms with Gasteiger partial charge < -0.3 is 11.1 Å². The van der Waals surface area contributed by atoms with Gasteiger partial charge in [0.2, 0.25) is 5.91 Å². The smallest absolute Gasteiger partial charge is 0.220 e. The number of hydrogen-bond acceptors (Lipinski definition) is 2. The minimum Gasteiger partial charge on any atom is -0.352 e. The molecule has 0 unspecified atom stereocenters. The molecule has 0 heterocycles. The Labute approximate surface area is 111 Å². The fraction of sp³-hybridized carbons (Fsp3) is 0.933. The second-order valence-corrected chi connectivity index (χ2v) is 7.48. The van der Waals surface area contributed by atoms with Crippen LogP contribution in [0, 0.1) is 16.7 Å². The zero-order chi connectivity index (χ0) is 13.6. The van der Waals surface area contributed by atoms with Crippen LogP contribution in [0.1, 0.15) is 59.8 Å². The molecule has 104 valence electrons. The van der Waals surface area contributed by atoms with Crippen LogP contribution in [0.25, 0.3) is 0 Å². The molecule has 3 nitrogen and oxygen atoms in total. The van der Waals surface area contributed by atoms with Gasteiger partial charge in [0.25, 0.3) is 0 Å². The van der Waals surface area contributed by atoms with Gasteiger partial charge in [-0.15, -0.1) is 0 Å². The van der Waals surface area contributed by atoms with Crippen LogP contribution in [0.5, 0.6) is 0 Å². The number of nitrogens with one attached hydrogen (secondary N) is 1. The van der Waals surface area contributed by atoms with Crippen LogP contribution in [-0.4, -0.2) is 18.0 Å². The van der Waals surface area contributed by atoms with E-state index in [2.05, 4.69) is 33.0 Å². The quantitative estimate of drug-likeness (QED) is 0.810. The molecule has 2 aliphatic carbocycles. The highest BCUT2D eigenvalue weighted by Crippen LogP contribution is 2.52. The van der Waals surface area contributed by atoms with Crippen molar-refractivity contribution in [1.82, 2.24) is 5.32 Å². The Morgan fingerprint density at radius 1 is 1.17 bits per heavy atom. The van der Waals surface area contributed by atoms with Crippen LogP contribution in [-0.2, 0) is 4.79 Å². The first-order valence-electron chi connectivity index (χ1n) is 7.31. The van der Waals surface area contributed by atoms with Crippen LogP contribution >= 0.6 is 0 Å². The molecule has 3 N–H and O–H groups in total. The van der Waals surface area contributed by atoms with Crippen molar-refractivity contribution in [2.24, 2.45) is 22.5 Å². The molecule has 3 heteroatoms. The summed E-state index contributed by atoms with van der Waals surface area (Å²) in [5, 5.41) is 3.24. The maximum atomic E-state index is 12.1. The molecule has 2 saturated carbocycles. The number of hydrogen-bond donors (Lipinski definition) is 2. The van der Waals surface area contributed by atoms with Crippen molar-refractivity contribution in [2.45, 2.75) is 71.9 Å². The maximum Gasteiger partial charge on any atom is 0.220 e. The van der Waals surface area contributed by atoms with E-state index in [1.807, 2.05) is 0 Å². The van der Waals surface area contributed by atoms with Crippen LogP contribution in [0.2, 0.25) is 0 Å². The van der Waals surface area contributed by atoms with E-state index in [9.17, 15) is 4.79 Å². The maximum absolute atomic E-state index is 12.1. The molecule has 0 aliphatic heterocycles. The highest BCUT2D eigenvalue weighted by Gasteiger charge is 2.60. The topological polar surface area (TPSA) is 55.1 Å². The van der Waals surface area contributed by atoms with E-state index in [-0.39, 0.29) is 28.8 Å². The van der Waals surface area contributed by atoms with Gasteiger partial charge >= 0.3 is 0 Å². The molecular formula is C15H28N2O. The third-order valence-electron chi connectivity index (χ3n) is 5.35. The van der Waals surface area contributed by atoms with Crippen molar-refractivity contribution in [3.05, 3.63) is 0 Å². The molecule has 0 radical (unpaired) electrons. The van der Waals surface area contributed by atoms with E-state index in [4.69, 9.17) is 5.73 Å². The van der Waals surface area contributed by atoms with E-state index < -0.39 is 0 Å². The van der Waals surface area contributed by atoms with Crippen molar-refractivity contribution < 1.29 is 4.79 Å². The first-order valence-corrected chi connectivity index (χ1v) is 7.31. The molecular weight excluding hydrogens is 224 g/mol. The number of rotatable bonds is 3. The molecule has 0 saturated heterocycles. The van der Waals surface area contributed by atoms with Gasteiger partial charge in [0.1, 0.15) is 0 Å². The van der Waals surface area contributed by atoms with Crippen LogP contribution < -0.4 is 11.1 Å². The number of carbonyl (C=O) groups is 1. The third kappa shape index (κ3) is 2.18. The van der Waals surface area contributed by atoms with Gasteiger partial charge in [0.15, 0.2) is 0 Å². The van der Waals surface area contributed by atoms with Crippen LogP contribution in [0.15, 0.2) is 0 Å². The Hall–Kier alpha value is -0.570. The lowest BCUT2D eigenvalue weighted by Crippen LogP contribution is -2.76. The van der Waals surface area contributed by atoms with E-state index in [1.165, 1.54) is 25.7 Å². The highest BCUT2D eigenvalue weighted by atomic mass is 16.1. The molecule has 0 bridgehead atoms. The fourth-order valence-corrected chi connectivity index (χ4v) is 4.25. The summed E-state index contributed by atoms with van der Waals surface area (Å²) in [4.78, 5) is 12.1. The van der Waals surface area contributed by atoms with E-state index >= 15 is 0 Å². The molecule has 0 aromatic heterocycles. The van der Waals surface area contributed by atoms with Crippen LogP contribution in [0.4, 0.5) is 0 Å². The zero-order valence-corrected chi connectivity index (χ0v) is 12.3. The SMILES string of the molecule is CC1(C)C(N)C(C)(C)C1NC(=O)CC1CCCC1. The van der Waals surface area contributed by atoms with E-state index in [1.54, 1.807) is 0 Å². The summed E-state index contributed by atoms with van der Waals surface area (Å²) >= 11 is 0. The van der Waals surface area contributed by atoms with Gasteiger partial charge in [0.05, 0.1) is 0 Å². The Balaban J connectivity index is 1.90. The van der Waals surface area contributed by atoms with E-state index in [0.717, 1.165) is 0 Å². The second kappa shape index (κ2) is 4.52. The largest absolute Gasteiger partial charge is 0.352 e. The summed E-state index contributed by atoms with van der Waals surface area (Å²) in [6.45, 7) is 8.62. The van der Waals surface area contributed by atoms with Gasteiger partial charge in [-0.1, -0.05) is 40.5 Å². The molecule has 2 aliphatic rings. The van der Waals surface area contributed by atoms with Crippen LogP contribution in [0.3, 0.4) is 0 Å². The minimum atomic E-state index is 0.00877. The summed E-state index contributed by atoms with van der Waals surface area (Å²) in [6, 6.07) is 0.357. The average Bonchev–Trinajstić information content (AvgIpc) is 2.77. The van der Waals surface area contributed by atoms with Gasteiger partial charge in [0, 0.05) is 29.3 Å². The number of nitrogens with two attached hydrogens (primary N) is 1. The van der Waals surface area contributed by atoms with Gasteiger partial charge in [-0.05, 0) is 18.8 Å². The lowest BCUT2D eigenvalue weighted by Gasteiger charge is -2.63. The van der Waals surface area contributed by atoms with Crippen molar-refractivity contribution in [3.8, 4) is 0 Å². The summed E-state index contributed by atoms with van der Waals surface area (Å²) in [6.07, 6.45) is 5.75. The molecule has 2 rings (SSSR count). The summed E-state index contributed by atoms with van der Waals surface area (Å²) in [5.74, 6) is 0.838. The fourth-order valence-electron chi connectivity index (χ4n) is 4.25. The molecule has 2 fully saturated rings. The molecule has 0 aromatic carbocycles. The number of carbonyl (C=O) groups excluding carboxylic acids is 1. The van der Waals surface area contributed by atoms with Crippen molar-refractivity contribution >= 4 is 5.91 Å². The monoisotopic (exact) mass is 252 g/mol. The first-order chi connectivity index (χ1) is 8.26. The Kier molecular flexibility index (Phi) is 3.48. The van der Waals surface area contributed by atoms with Crippen molar-refractivity contribution in [1.29, 1.82) is 0 Å². The first kappa shape index (κ1) is 13.9. The van der Waals surface area contributed by atoms with Crippen molar-refractivity contribution in [3.63, 3.8) is 0 Å². The molecule has 0 atom stereocenters. The van der Waals surface area contributed by atoms with Gasteiger partial charge in [-0.25, -0.2) is 0 Å². The Morgan fingerprint density at radius 2 is 1.67 bits per heavy atom. The highest BCUT2D eigenvalue weighted by molar-refractivity contribution is 5.77. The van der Waals surface area contributed by atoms with Gasteiger partial charge in [-0.2, -0.15) is 0 Å².